The molecule has 0 N–H and O–H groups in total. The lowest BCUT2D eigenvalue weighted by Gasteiger charge is -2.04. The Balaban J connectivity index is 1.69. The van der Waals surface area contributed by atoms with Gasteiger partial charge in [0.2, 0.25) is 0 Å². The fourth-order valence-corrected chi connectivity index (χ4v) is 2.45. The van der Waals surface area contributed by atoms with Crippen LogP contribution in [0, 0.1) is 0 Å². The molecule has 0 saturated carbocycles. The van der Waals surface area contributed by atoms with Crippen molar-refractivity contribution in [3.05, 3.63) is 83.0 Å². The van der Waals surface area contributed by atoms with Crippen molar-refractivity contribution in [2.24, 2.45) is 0 Å². The molecule has 2 nitrogen and oxygen atoms in total. The molecule has 0 aliphatic rings. The van der Waals surface area contributed by atoms with E-state index in [0.717, 1.165) is 40.4 Å². The molecular formula is C18H15ClN2. The summed E-state index contributed by atoms with van der Waals surface area (Å²) in [6, 6.07) is 22.0. The average molecular weight is 295 g/mol. The molecule has 0 unspecified atom stereocenters. The van der Waals surface area contributed by atoms with Gasteiger partial charge < -0.3 is 0 Å². The smallest absolute Gasteiger partial charge is 0.0929 e. The minimum absolute atomic E-state index is 0.811. The second kappa shape index (κ2) is 6.51. The molecule has 3 rings (SSSR count). The second-order valence-electron chi connectivity index (χ2n) is 4.87. The average Bonchev–Trinajstić information content (AvgIpc) is 2.55. The van der Waals surface area contributed by atoms with Gasteiger partial charge in [-0.25, -0.2) is 0 Å². The summed E-state index contributed by atoms with van der Waals surface area (Å²) in [6.45, 7) is 0. The molecule has 0 saturated heterocycles. The highest BCUT2D eigenvalue weighted by molar-refractivity contribution is 6.31. The third-order valence-corrected chi connectivity index (χ3v) is 3.77. The summed E-state index contributed by atoms with van der Waals surface area (Å²) in [5.41, 5.74) is 4.11. The summed E-state index contributed by atoms with van der Waals surface area (Å²) in [5.74, 6) is 0. The molecular weight excluding hydrogens is 280 g/mol. The van der Waals surface area contributed by atoms with E-state index >= 15 is 0 Å². The first-order chi connectivity index (χ1) is 10.3. The quantitative estimate of drug-likeness (QED) is 0.704. The molecule has 104 valence electrons. The van der Waals surface area contributed by atoms with E-state index in [9.17, 15) is 0 Å². The topological polar surface area (TPSA) is 25.8 Å². The molecule has 0 aliphatic carbocycles. The van der Waals surface area contributed by atoms with E-state index in [1.807, 2.05) is 66.7 Å². The molecule has 0 amide bonds. The van der Waals surface area contributed by atoms with E-state index in [1.165, 1.54) is 0 Å². The van der Waals surface area contributed by atoms with Crippen molar-refractivity contribution < 1.29 is 0 Å². The molecule has 0 radical (unpaired) electrons. The van der Waals surface area contributed by atoms with Crippen molar-refractivity contribution in [2.45, 2.75) is 12.8 Å². The minimum atomic E-state index is 0.811. The van der Waals surface area contributed by atoms with E-state index in [4.69, 9.17) is 11.6 Å². The molecule has 3 aromatic rings. The summed E-state index contributed by atoms with van der Waals surface area (Å²) >= 11 is 6.16. The zero-order chi connectivity index (χ0) is 14.5. The Bertz CT molecular complexity index is 709. The Morgan fingerprint density at radius 2 is 1.48 bits per heavy atom. The van der Waals surface area contributed by atoms with Crippen LogP contribution in [0.15, 0.2) is 66.7 Å². The summed E-state index contributed by atoms with van der Waals surface area (Å²) in [7, 11) is 0. The third-order valence-electron chi connectivity index (χ3n) is 3.40. The predicted molar refractivity (Wildman–Crippen MR) is 86.3 cm³/mol. The first-order valence-corrected chi connectivity index (χ1v) is 7.32. The normalized spacial score (nSPS) is 10.5. The van der Waals surface area contributed by atoms with Crippen molar-refractivity contribution in [3.8, 4) is 11.3 Å². The van der Waals surface area contributed by atoms with Crippen LogP contribution in [-0.4, -0.2) is 10.2 Å². The predicted octanol–water partition coefficient (Wildman–Crippen LogP) is 4.58. The Kier molecular flexibility index (Phi) is 4.27. The number of rotatable bonds is 4. The Morgan fingerprint density at radius 1 is 0.714 bits per heavy atom. The van der Waals surface area contributed by atoms with Gasteiger partial charge in [0.05, 0.1) is 11.4 Å². The van der Waals surface area contributed by atoms with Gasteiger partial charge in [0.1, 0.15) is 0 Å². The van der Waals surface area contributed by atoms with Crippen molar-refractivity contribution in [3.63, 3.8) is 0 Å². The summed E-state index contributed by atoms with van der Waals surface area (Å²) < 4.78 is 0. The molecule has 0 atom stereocenters. The van der Waals surface area contributed by atoms with Gasteiger partial charge in [0, 0.05) is 10.6 Å². The van der Waals surface area contributed by atoms with Crippen LogP contribution in [0.25, 0.3) is 11.3 Å². The molecule has 0 fully saturated rings. The highest BCUT2D eigenvalue weighted by Crippen LogP contribution is 2.18. The van der Waals surface area contributed by atoms with Gasteiger partial charge in [0.25, 0.3) is 0 Å². The van der Waals surface area contributed by atoms with Crippen LogP contribution in [0.5, 0.6) is 0 Å². The van der Waals surface area contributed by atoms with Crippen LogP contribution in [0.4, 0.5) is 0 Å². The van der Waals surface area contributed by atoms with Crippen molar-refractivity contribution in [2.75, 3.05) is 0 Å². The van der Waals surface area contributed by atoms with Gasteiger partial charge in [-0.2, -0.15) is 10.2 Å². The van der Waals surface area contributed by atoms with Crippen LogP contribution < -0.4 is 0 Å². The first-order valence-electron chi connectivity index (χ1n) is 6.94. The lowest BCUT2D eigenvalue weighted by atomic mass is 10.1. The van der Waals surface area contributed by atoms with Crippen LogP contribution in [0.2, 0.25) is 5.02 Å². The maximum absolute atomic E-state index is 6.16. The van der Waals surface area contributed by atoms with E-state index in [-0.39, 0.29) is 0 Å². The lowest BCUT2D eigenvalue weighted by Crippen LogP contribution is -1.98. The SMILES string of the molecule is Clc1ccccc1CCc1ccc(-c2ccccc2)nn1. The van der Waals surface area contributed by atoms with Crippen LogP contribution >= 0.6 is 11.6 Å². The van der Waals surface area contributed by atoms with Gasteiger partial charge in [0.15, 0.2) is 0 Å². The number of benzene rings is 2. The molecule has 0 aliphatic heterocycles. The van der Waals surface area contributed by atoms with E-state index in [1.54, 1.807) is 0 Å². The zero-order valence-corrected chi connectivity index (χ0v) is 12.3. The Morgan fingerprint density at radius 3 is 2.19 bits per heavy atom. The zero-order valence-electron chi connectivity index (χ0n) is 11.5. The largest absolute Gasteiger partial charge is 0.155 e. The van der Waals surface area contributed by atoms with Crippen molar-refractivity contribution >= 4 is 11.6 Å². The maximum Gasteiger partial charge on any atom is 0.0929 e. The number of hydrogen-bond acceptors (Lipinski definition) is 2. The van der Waals surface area contributed by atoms with E-state index in [2.05, 4.69) is 10.2 Å². The van der Waals surface area contributed by atoms with Gasteiger partial charge in [-0.1, -0.05) is 60.1 Å². The molecule has 1 aromatic heterocycles. The van der Waals surface area contributed by atoms with E-state index < -0.39 is 0 Å². The van der Waals surface area contributed by atoms with Crippen molar-refractivity contribution in [1.82, 2.24) is 10.2 Å². The van der Waals surface area contributed by atoms with Crippen molar-refractivity contribution in [1.29, 1.82) is 0 Å². The number of aryl methyl sites for hydroxylation is 2. The minimum Gasteiger partial charge on any atom is -0.155 e. The van der Waals surface area contributed by atoms with E-state index in [0.29, 0.717) is 0 Å². The number of nitrogens with zero attached hydrogens (tertiary/aromatic N) is 2. The fraction of sp³-hybridized carbons (Fsp3) is 0.111. The summed E-state index contributed by atoms with van der Waals surface area (Å²) in [6.07, 6.45) is 1.71. The Hall–Kier alpha value is -2.19. The number of halogens is 1. The lowest BCUT2D eigenvalue weighted by molar-refractivity contribution is 0.862. The fourth-order valence-electron chi connectivity index (χ4n) is 2.22. The van der Waals surface area contributed by atoms with Crippen LogP contribution in [0.1, 0.15) is 11.3 Å². The van der Waals surface area contributed by atoms with Crippen LogP contribution in [0.3, 0.4) is 0 Å². The number of aromatic nitrogens is 2. The third kappa shape index (κ3) is 3.47. The monoisotopic (exact) mass is 294 g/mol. The standard InChI is InChI=1S/C18H15ClN2/c19-17-9-5-4-6-14(17)10-11-16-12-13-18(21-20-16)15-7-2-1-3-8-15/h1-9,12-13H,10-11H2. The molecule has 2 aromatic carbocycles. The number of hydrogen-bond donors (Lipinski definition) is 0. The van der Waals surface area contributed by atoms with Gasteiger partial charge in [-0.05, 0) is 36.6 Å². The molecule has 3 heteroatoms. The van der Waals surface area contributed by atoms with Crippen LogP contribution in [-0.2, 0) is 12.8 Å². The summed E-state index contributed by atoms with van der Waals surface area (Å²) in [5, 5.41) is 9.42. The van der Waals surface area contributed by atoms with Gasteiger partial charge in [-0.15, -0.1) is 0 Å². The first kappa shape index (κ1) is 13.8. The maximum atomic E-state index is 6.16. The highest BCUT2D eigenvalue weighted by atomic mass is 35.5. The molecule has 21 heavy (non-hydrogen) atoms. The van der Waals surface area contributed by atoms with Gasteiger partial charge in [-0.3, -0.25) is 0 Å². The van der Waals surface area contributed by atoms with Gasteiger partial charge >= 0.3 is 0 Å². The second-order valence-corrected chi connectivity index (χ2v) is 5.27. The molecule has 0 spiro atoms. The Labute approximate surface area is 129 Å². The molecule has 0 bridgehead atoms. The highest BCUT2D eigenvalue weighted by Gasteiger charge is 2.03. The summed E-state index contributed by atoms with van der Waals surface area (Å²) in [4.78, 5) is 0. The molecule has 1 heterocycles.